The number of sulfonamides is 1. The standard InChI is InChI=1S/C25H22F3NO3S/c1-32-19-9-11-20(12-10-19)33(30,31)29-14-13-17-15-23(29)24-21(3-2-4-22(17)24)16-5-7-18(8-6-16)25(26,27)28/h2-12,17,23H,13-15H2,1H3/t17-,23+/m1/s1. The molecular weight excluding hydrogens is 451 g/mol. The lowest BCUT2D eigenvalue weighted by molar-refractivity contribution is -0.137. The van der Waals surface area contributed by atoms with Gasteiger partial charge in [0, 0.05) is 6.54 Å². The van der Waals surface area contributed by atoms with Crippen molar-refractivity contribution in [3.63, 3.8) is 0 Å². The number of halogens is 3. The molecule has 0 amide bonds. The first-order valence-corrected chi connectivity index (χ1v) is 12.1. The molecule has 1 aliphatic carbocycles. The van der Waals surface area contributed by atoms with Crippen molar-refractivity contribution in [1.82, 2.24) is 4.31 Å². The third-order valence-electron chi connectivity index (χ3n) is 6.66. The molecule has 0 radical (unpaired) electrons. The molecule has 5 rings (SSSR count). The number of hydrogen-bond acceptors (Lipinski definition) is 3. The van der Waals surface area contributed by atoms with Crippen LogP contribution in [0.4, 0.5) is 13.2 Å². The van der Waals surface area contributed by atoms with Gasteiger partial charge in [0.05, 0.1) is 23.6 Å². The Balaban J connectivity index is 1.56. The Hall–Kier alpha value is -2.84. The Bertz CT molecular complexity index is 1290. The van der Waals surface area contributed by atoms with Gasteiger partial charge in [-0.25, -0.2) is 8.42 Å². The Kier molecular flexibility index (Phi) is 5.25. The van der Waals surface area contributed by atoms with Crippen molar-refractivity contribution >= 4 is 10.0 Å². The highest BCUT2D eigenvalue weighted by molar-refractivity contribution is 7.89. The van der Waals surface area contributed by atoms with Crippen molar-refractivity contribution in [1.29, 1.82) is 0 Å². The Morgan fingerprint density at radius 1 is 0.970 bits per heavy atom. The molecule has 3 aromatic carbocycles. The zero-order chi connectivity index (χ0) is 23.4. The second-order valence-electron chi connectivity index (χ2n) is 8.41. The van der Waals surface area contributed by atoms with Crippen molar-refractivity contribution in [3.05, 3.63) is 83.4 Å². The molecule has 0 spiro atoms. The van der Waals surface area contributed by atoms with Gasteiger partial charge >= 0.3 is 6.18 Å². The second kappa shape index (κ2) is 7.88. The van der Waals surface area contributed by atoms with Gasteiger partial charge in [-0.1, -0.05) is 30.3 Å². The number of piperidine rings is 1. The maximum atomic E-state index is 13.5. The largest absolute Gasteiger partial charge is 0.497 e. The second-order valence-corrected chi connectivity index (χ2v) is 10.3. The van der Waals surface area contributed by atoms with Crippen LogP contribution >= 0.6 is 0 Å². The van der Waals surface area contributed by atoms with Gasteiger partial charge in [-0.05, 0) is 77.4 Å². The van der Waals surface area contributed by atoms with Crippen molar-refractivity contribution in [2.24, 2.45) is 0 Å². The molecule has 1 heterocycles. The van der Waals surface area contributed by atoms with E-state index in [2.05, 4.69) is 0 Å². The topological polar surface area (TPSA) is 46.6 Å². The molecule has 8 heteroatoms. The Morgan fingerprint density at radius 2 is 1.67 bits per heavy atom. The molecule has 172 valence electrons. The lowest BCUT2D eigenvalue weighted by atomic mass is 9.93. The minimum Gasteiger partial charge on any atom is -0.497 e. The van der Waals surface area contributed by atoms with Crippen molar-refractivity contribution < 1.29 is 26.3 Å². The minimum absolute atomic E-state index is 0.196. The van der Waals surface area contributed by atoms with E-state index in [0.717, 1.165) is 28.8 Å². The van der Waals surface area contributed by atoms with E-state index in [1.807, 2.05) is 18.2 Å². The van der Waals surface area contributed by atoms with Crippen LogP contribution in [-0.2, 0) is 16.2 Å². The van der Waals surface area contributed by atoms with E-state index in [9.17, 15) is 21.6 Å². The van der Waals surface area contributed by atoms with Gasteiger partial charge in [-0.15, -0.1) is 0 Å². The Morgan fingerprint density at radius 3 is 2.30 bits per heavy atom. The highest BCUT2D eigenvalue weighted by Crippen LogP contribution is 2.53. The number of benzene rings is 3. The normalized spacial score (nSPS) is 20.5. The molecule has 0 unspecified atom stereocenters. The predicted molar refractivity (Wildman–Crippen MR) is 118 cm³/mol. The number of hydrogen-bond donors (Lipinski definition) is 0. The molecule has 1 saturated heterocycles. The maximum Gasteiger partial charge on any atom is 0.416 e. The third kappa shape index (κ3) is 3.71. The molecule has 33 heavy (non-hydrogen) atoms. The van der Waals surface area contributed by atoms with Gasteiger partial charge in [0.2, 0.25) is 10.0 Å². The van der Waals surface area contributed by atoms with E-state index in [4.69, 9.17) is 4.74 Å². The summed E-state index contributed by atoms with van der Waals surface area (Å²) in [5.74, 6) is 0.810. The quantitative estimate of drug-likeness (QED) is 0.467. The fourth-order valence-corrected chi connectivity index (χ4v) is 6.68. The number of rotatable bonds is 4. The molecule has 1 fully saturated rings. The molecule has 2 bridgehead atoms. The molecule has 2 atom stereocenters. The maximum absolute atomic E-state index is 13.5. The summed E-state index contributed by atoms with van der Waals surface area (Å²) >= 11 is 0. The number of methoxy groups -OCH3 is 1. The summed E-state index contributed by atoms with van der Waals surface area (Å²) < 4.78 is 72.9. The van der Waals surface area contributed by atoms with Crippen LogP contribution in [0.15, 0.2) is 71.6 Å². The summed E-state index contributed by atoms with van der Waals surface area (Å²) in [7, 11) is -2.24. The Labute approximate surface area is 190 Å². The van der Waals surface area contributed by atoms with Crippen LogP contribution in [0.1, 0.15) is 41.5 Å². The van der Waals surface area contributed by atoms with Gasteiger partial charge < -0.3 is 4.74 Å². The first-order chi connectivity index (χ1) is 15.7. The fourth-order valence-electron chi connectivity index (χ4n) is 5.06. The van der Waals surface area contributed by atoms with Crippen LogP contribution in [0.2, 0.25) is 0 Å². The summed E-state index contributed by atoms with van der Waals surface area (Å²) in [6, 6.07) is 16.8. The number of ether oxygens (including phenoxy) is 1. The molecular formula is C25H22F3NO3S. The van der Waals surface area contributed by atoms with Gasteiger partial charge in [0.1, 0.15) is 5.75 Å². The van der Waals surface area contributed by atoms with Crippen molar-refractivity contribution in [3.8, 4) is 16.9 Å². The van der Waals surface area contributed by atoms with Crippen LogP contribution in [0.25, 0.3) is 11.1 Å². The first-order valence-electron chi connectivity index (χ1n) is 10.7. The number of fused-ring (bicyclic) bond motifs is 5. The summed E-state index contributed by atoms with van der Waals surface area (Å²) in [6.07, 6.45) is -3.03. The van der Waals surface area contributed by atoms with E-state index in [1.165, 1.54) is 31.4 Å². The molecule has 0 saturated carbocycles. The van der Waals surface area contributed by atoms with Gasteiger partial charge in [0.15, 0.2) is 0 Å². The van der Waals surface area contributed by atoms with Crippen LogP contribution in [0.3, 0.4) is 0 Å². The van der Waals surface area contributed by atoms with Crippen LogP contribution < -0.4 is 4.74 Å². The molecule has 2 aliphatic rings. The van der Waals surface area contributed by atoms with E-state index < -0.39 is 21.8 Å². The molecule has 1 aliphatic heterocycles. The highest BCUT2D eigenvalue weighted by atomic mass is 32.2. The third-order valence-corrected chi connectivity index (χ3v) is 8.58. The zero-order valence-electron chi connectivity index (χ0n) is 17.8. The van der Waals surface area contributed by atoms with Gasteiger partial charge in [-0.3, -0.25) is 0 Å². The SMILES string of the molecule is COc1ccc(S(=O)(=O)N2CC[C@@H]3C[C@H]2c2c(-c4ccc(C(F)(F)F)cc4)cccc23)cc1. The predicted octanol–water partition coefficient (Wildman–Crippen LogP) is 6.00. The van der Waals surface area contributed by atoms with Gasteiger partial charge in [-0.2, -0.15) is 17.5 Å². The smallest absolute Gasteiger partial charge is 0.416 e. The number of alkyl halides is 3. The summed E-state index contributed by atoms with van der Waals surface area (Å²) in [5.41, 5.74) is 2.71. The summed E-state index contributed by atoms with van der Waals surface area (Å²) in [5, 5.41) is 0. The molecule has 4 nitrogen and oxygen atoms in total. The van der Waals surface area contributed by atoms with E-state index in [1.54, 1.807) is 16.4 Å². The molecule has 0 aromatic heterocycles. The average molecular weight is 474 g/mol. The number of nitrogens with zero attached hydrogens (tertiary/aromatic N) is 1. The zero-order valence-corrected chi connectivity index (χ0v) is 18.7. The van der Waals surface area contributed by atoms with Crippen LogP contribution in [-0.4, -0.2) is 26.4 Å². The van der Waals surface area contributed by atoms with Crippen molar-refractivity contribution in [2.45, 2.75) is 35.9 Å². The summed E-state index contributed by atoms with van der Waals surface area (Å²) in [4.78, 5) is 0.196. The van der Waals surface area contributed by atoms with Gasteiger partial charge in [0.25, 0.3) is 0 Å². The van der Waals surface area contributed by atoms with E-state index in [-0.39, 0.29) is 16.9 Å². The summed E-state index contributed by atoms with van der Waals surface area (Å²) in [6.45, 7) is 0.394. The first kappa shape index (κ1) is 22.0. The molecule has 0 N–H and O–H groups in total. The molecule has 3 aromatic rings. The van der Waals surface area contributed by atoms with E-state index >= 15 is 0 Å². The van der Waals surface area contributed by atoms with Crippen molar-refractivity contribution in [2.75, 3.05) is 13.7 Å². The monoisotopic (exact) mass is 473 g/mol. The lowest BCUT2D eigenvalue weighted by Crippen LogP contribution is -2.37. The highest BCUT2D eigenvalue weighted by Gasteiger charge is 2.45. The van der Waals surface area contributed by atoms with Crippen LogP contribution in [0.5, 0.6) is 5.75 Å². The minimum atomic E-state index is -4.41. The van der Waals surface area contributed by atoms with E-state index in [0.29, 0.717) is 30.7 Å². The van der Waals surface area contributed by atoms with Crippen LogP contribution in [0, 0.1) is 0 Å². The fraction of sp³-hybridized carbons (Fsp3) is 0.280. The lowest BCUT2D eigenvalue weighted by Gasteiger charge is -2.33. The average Bonchev–Trinajstić information content (AvgIpc) is 3.10.